The first kappa shape index (κ1) is 19.3. The molecule has 1 aromatic rings. The summed E-state index contributed by atoms with van der Waals surface area (Å²) in [5, 5.41) is 3.11. The molecule has 0 saturated carbocycles. The predicted molar refractivity (Wildman–Crippen MR) is 93.9 cm³/mol. The van der Waals surface area contributed by atoms with Crippen LogP contribution in [0.5, 0.6) is 0 Å². The minimum Gasteiger partial charge on any atom is -0.383 e. The van der Waals surface area contributed by atoms with E-state index in [9.17, 15) is 4.79 Å². The van der Waals surface area contributed by atoms with Crippen LogP contribution in [0.3, 0.4) is 0 Å². The first-order valence-electron chi connectivity index (χ1n) is 8.36. The normalized spacial score (nSPS) is 18.6. The maximum absolute atomic E-state index is 12.2. The third kappa shape index (κ3) is 5.22. The van der Waals surface area contributed by atoms with E-state index in [4.69, 9.17) is 15.2 Å². The summed E-state index contributed by atoms with van der Waals surface area (Å²) in [6.07, 6.45) is 0.0468. The second-order valence-corrected chi connectivity index (χ2v) is 6.83. The lowest BCUT2D eigenvalue weighted by Gasteiger charge is -2.35. The van der Waals surface area contributed by atoms with Gasteiger partial charge in [-0.1, -0.05) is 0 Å². The molecule has 8 heteroatoms. The fourth-order valence-corrected chi connectivity index (χ4v) is 3.56. The molecule has 24 heavy (non-hydrogen) atoms. The molecule has 1 aromatic heterocycles. The molecule has 1 fully saturated rings. The van der Waals surface area contributed by atoms with E-state index in [1.165, 1.54) is 0 Å². The largest absolute Gasteiger partial charge is 0.383 e. The van der Waals surface area contributed by atoms with Gasteiger partial charge < -0.3 is 20.1 Å². The Morgan fingerprint density at radius 1 is 1.42 bits per heavy atom. The van der Waals surface area contributed by atoms with E-state index in [-0.39, 0.29) is 18.6 Å². The van der Waals surface area contributed by atoms with Crippen LogP contribution in [0.1, 0.15) is 30.7 Å². The number of hydrogen-bond donors (Lipinski definition) is 1. The summed E-state index contributed by atoms with van der Waals surface area (Å²) in [5.74, 6) is -0.0296. The van der Waals surface area contributed by atoms with E-state index in [0.29, 0.717) is 19.7 Å². The van der Waals surface area contributed by atoms with Crippen molar-refractivity contribution in [2.45, 2.75) is 32.5 Å². The Kier molecular flexibility index (Phi) is 7.57. The predicted octanol–water partition coefficient (Wildman–Crippen LogP) is 0.859. The van der Waals surface area contributed by atoms with Gasteiger partial charge in [0.05, 0.1) is 12.3 Å². The monoisotopic (exact) mass is 356 g/mol. The average molecular weight is 356 g/mol. The summed E-state index contributed by atoms with van der Waals surface area (Å²) in [6.45, 7) is 8.84. The number of methoxy groups -OCH3 is 1. The van der Waals surface area contributed by atoms with Gasteiger partial charge in [0.25, 0.3) is 0 Å². The summed E-state index contributed by atoms with van der Waals surface area (Å²) < 4.78 is 10.5. The van der Waals surface area contributed by atoms with Gasteiger partial charge in [0, 0.05) is 51.8 Å². The fourth-order valence-electron chi connectivity index (χ4n) is 2.74. The van der Waals surface area contributed by atoms with Crippen LogP contribution in [0.25, 0.3) is 0 Å². The Morgan fingerprint density at radius 2 is 2.12 bits per heavy atom. The zero-order valence-corrected chi connectivity index (χ0v) is 15.6. The van der Waals surface area contributed by atoms with Crippen molar-refractivity contribution in [2.24, 2.45) is 5.73 Å². The zero-order valence-electron chi connectivity index (χ0n) is 14.7. The van der Waals surface area contributed by atoms with Crippen molar-refractivity contribution in [1.29, 1.82) is 0 Å². The molecule has 136 valence electrons. The summed E-state index contributed by atoms with van der Waals surface area (Å²) in [4.78, 5) is 21.0. The van der Waals surface area contributed by atoms with Gasteiger partial charge in [-0.05, 0) is 13.8 Å². The first-order chi connectivity index (χ1) is 11.5. The van der Waals surface area contributed by atoms with Crippen LogP contribution in [-0.4, -0.2) is 73.2 Å². The van der Waals surface area contributed by atoms with Crippen LogP contribution in [0.2, 0.25) is 0 Å². The Bertz CT molecular complexity index is 517. The highest BCUT2D eigenvalue weighted by Crippen LogP contribution is 2.22. The molecule has 0 aromatic carbocycles. The molecule has 2 N–H and O–H groups in total. The molecule has 1 saturated heterocycles. The van der Waals surface area contributed by atoms with Crippen molar-refractivity contribution < 1.29 is 14.3 Å². The van der Waals surface area contributed by atoms with Gasteiger partial charge in [0.15, 0.2) is 0 Å². The van der Waals surface area contributed by atoms with Crippen LogP contribution in [-0.2, 0) is 20.8 Å². The number of amides is 1. The number of hydrogen-bond acceptors (Lipinski definition) is 7. The number of carbonyl (C=O) groups is 1. The second-order valence-electron chi connectivity index (χ2n) is 5.94. The first-order valence-corrected chi connectivity index (χ1v) is 9.24. The molecule has 1 aliphatic heterocycles. The van der Waals surface area contributed by atoms with E-state index >= 15 is 0 Å². The van der Waals surface area contributed by atoms with Crippen molar-refractivity contribution in [1.82, 2.24) is 14.8 Å². The van der Waals surface area contributed by atoms with Crippen molar-refractivity contribution >= 4 is 17.2 Å². The quantitative estimate of drug-likeness (QED) is 0.744. The van der Waals surface area contributed by atoms with Gasteiger partial charge in [-0.2, -0.15) is 0 Å². The zero-order chi connectivity index (χ0) is 17.5. The third-order valence-electron chi connectivity index (χ3n) is 4.07. The number of piperazine rings is 1. The van der Waals surface area contributed by atoms with E-state index < -0.39 is 6.04 Å². The van der Waals surface area contributed by atoms with Gasteiger partial charge >= 0.3 is 0 Å². The highest BCUT2D eigenvalue weighted by molar-refractivity contribution is 7.09. The molecule has 2 unspecified atom stereocenters. The van der Waals surface area contributed by atoms with Crippen LogP contribution in [0, 0.1) is 0 Å². The molecule has 2 atom stereocenters. The third-order valence-corrected chi connectivity index (χ3v) is 5.12. The molecular formula is C16H28N4O3S. The number of carbonyl (C=O) groups excluding carboxylic acids is 1. The van der Waals surface area contributed by atoms with Crippen LogP contribution < -0.4 is 5.73 Å². The van der Waals surface area contributed by atoms with Crippen LogP contribution in [0.15, 0.2) is 5.38 Å². The van der Waals surface area contributed by atoms with E-state index in [2.05, 4.69) is 15.3 Å². The fraction of sp³-hybridized carbons (Fsp3) is 0.750. The lowest BCUT2D eigenvalue weighted by atomic mass is 10.2. The molecular weight excluding hydrogens is 328 g/mol. The van der Waals surface area contributed by atoms with Gasteiger partial charge in [0.2, 0.25) is 5.91 Å². The molecule has 7 nitrogen and oxygen atoms in total. The molecule has 0 bridgehead atoms. The topological polar surface area (TPSA) is 80.9 Å². The number of rotatable bonds is 8. The minimum absolute atomic E-state index is 0.0296. The lowest BCUT2D eigenvalue weighted by Crippen LogP contribution is -2.53. The minimum atomic E-state index is -0.567. The second kappa shape index (κ2) is 9.43. The highest BCUT2D eigenvalue weighted by atomic mass is 32.1. The van der Waals surface area contributed by atoms with Gasteiger partial charge in [0.1, 0.15) is 17.2 Å². The molecule has 1 aliphatic rings. The smallest absolute Gasteiger partial charge is 0.241 e. The van der Waals surface area contributed by atoms with Gasteiger partial charge in [-0.3, -0.25) is 9.69 Å². The molecule has 2 rings (SSSR count). The van der Waals surface area contributed by atoms with Crippen molar-refractivity contribution in [2.75, 3.05) is 46.5 Å². The molecule has 1 amide bonds. The molecule has 2 heterocycles. The van der Waals surface area contributed by atoms with Gasteiger partial charge in [-0.25, -0.2) is 4.98 Å². The number of ether oxygens (including phenoxy) is 2. The Balaban J connectivity index is 1.80. The average Bonchev–Trinajstić information content (AvgIpc) is 3.04. The van der Waals surface area contributed by atoms with E-state index in [0.717, 1.165) is 30.3 Å². The number of nitrogens with zero attached hydrogens (tertiary/aromatic N) is 3. The van der Waals surface area contributed by atoms with Crippen LogP contribution >= 0.6 is 11.3 Å². The van der Waals surface area contributed by atoms with Crippen molar-refractivity contribution in [3.63, 3.8) is 0 Å². The van der Waals surface area contributed by atoms with Crippen molar-refractivity contribution in [3.05, 3.63) is 16.1 Å². The maximum Gasteiger partial charge on any atom is 0.241 e. The Labute approximate surface area is 147 Å². The molecule has 0 aliphatic carbocycles. The summed E-state index contributed by atoms with van der Waals surface area (Å²) in [5.41, 5.74) is 6.89. The van der Waals surface area contributed by atoms with E-state index in [1.807, 2.05) is 18.7 Å². The maximum atomic E-state index is 12.2. The van der Waals surface area contributed by atoms with E-state index in [1.54, 1.807) is 18.4 Å². The SMILES string of the molecule is CCOC(C)c1nc(CN2CCN(C(=O)C(N)COC)CC2)cs1. The highest BCUT2D eigenvalue weighted by Gasteiger charge is 2.25. The Hall–Kier alpha value is -1.06. The summed E-state index contributed by atoms with van der Waals surface area (Å²) in [7, 11) is 1.56. The van der Waals surface area contributed by atoms with Crippen LogP contribution in [0.4, 0.5) is 0 Å². The summed E-state index contributed by atoms with van der Waals surface area (Å²) >= 11 is 1.64. The molecule has 0 radical (unpaired) electrons. The Morgan fingerprint density at radius 3 is 2.75 bits per heavy atom. The number of thiazole rings is 1. The standard InChI is InChI=1S/C16H28N4O3S/c1-4-23-12(2)15-18-13(11-24-15)9-19-5-7-20(8-6-19)16(21)14(17)10-22-3/h11-12,14H,4-10,17H2,1-3H3. The molecule has 0 spiro atoms. The summed E-state index contributed by atoms with van der Waals surface area (Å²) in [6, 6.07) is -0.567. The lowest BCUT2D eigenvalue weighted by molar-refractivity contribution is -0.135. The number of aromatic nitrogens is 1. The van der Waals surface area contributed by atoms with Gasteiger partial charge in [-0.15, -0.1) is 11.3 Å². The number of nitrogens with two attached hydrogens (primary N) is 1. The van der Waals surface area contributed by atoms with Crippen molar-refractivity contribution in [3.8, 4) is 0 Å².